The lowest BCUT2D eigenvalue weighted by molar-refractivity contribution is -0.123. The van der Waals surface area contributed by atoms with Crippen LogP contribution in [-0.4, -0.2) is 24.0 Å². The number of carbonyl (C=O) groups is 1. The highest BCUT2D eigenvalue weighted by Crippen LogP contribution is 2.30. The van der Waals surface area contributed by atoms with E-state index in [4.69, 9.17) is 0 Å². The van der Waals surface area contributed by atoms with E-state index >= 15 is 0 Å². The Morgan fingerprint density at radius 2 is 1.72 bits per heavy atom. The largest absolute Gasteiger partial charge is 0.352 e. The van der Waals surface area contributed by atoms with Gasteiger partial charge in [0.05, 0.1) is 6.04 Å². The van der Waals surface area contributed by atoms with Gasteiger partial charge in [-0.1, -0.05) is 26.7 Å². The molecule has 0 aliphatic heterocycles. The van der Waals surface area contributed by atoms with Crippen LogP contribution in [0.25, 0.3) is 0 Å². The molecule has 3 atom stereocenters. The molecule has 0 aromatic heterocycles. The lowest BCUT2D eigenvalue weighted by Crippen LogP contribution is -2.51. The number of hydrogen-bond acceptors (Lipinski definition) is 2. The summed E-state index contributed by atoms with van der Waals surface area (Å²) in [6, 6.07) is 0.947. The lowest BCUT2D eigenvalue weighted by Gasteiger charge is -2.36. The van der Waals surface area contributed by atoms with E-state index in [0.29, 0.717) is 18.0 Å². The minimum atomic E-state index is -0.0463. The standard InChI is InChI=1S/C15H28N2O/c1-10(2)13-6-4-5-7-14(13)16-11(3)15(18)17-12-8-9-12/h10-14,16H,4-9H2,1-3H3,(H,17,18). The minimum absolute atomic E-state index is 0.0463. The minimum Gasteiger partial charge on any atom is -0.352 e. The highest BCUT2D eigenvalue weighted by atomic mass is 16.2. The van der Waals surface area contributed by atoms with Gasteiger partial charge >= 0.3 is 0 Å². The van der Waals surface area contributed by atoms with Crippen molar-refractivity contribution in [1.29, 1.82) is 0 Å². The van der Waals surface area contributed by atoms with Crippen LogP contribution in [0, 0.1) is 11.8 Å². The van der Waals surface area contributed by atoms with Crippen LogP contribution in [0.2, 0.25) is 0 Å². The lowest BCUT2D eigenvalue weighted by atomic mass is 9.77. The normalized spacial score (nSPS) is 30.2. The molecule has 1 amide bonds. The monoisotopic (exact) mass is 252 g/mol. The summed E-state index contributed by atoms with van der Waals surface area (Å²) in [4.78, 5) is 12.0. The van der Waals surface area contributed by atoms with Gasteiger partial charge < -0.3 is 10.6 Å². The van der Waals surface area contributed by atoms with Crippen LogP contribution in [0.5, 0.6) is 0 Å². The van der Waals surface area contributed by atoms with Gasteiger partial charge in [0, 0.05) is 12.1 Å². The van der Waals surface area contributed by atoms with Crippen molar-refractivity contribution in [2.75, 3.05) is 0 Å². The summed E-state index contributed by atoms with van der Waals surface area (Å²) >= 11 is 0. The van der Waals surface area contributed by atoms with Crippen molar-refractivity contribution < 1.29 is 4.79 Å². The van der Waals surface area contributed by atoms with Crippen molar-refractivity contribution in [2.45, 2.75) is 77.4 Å². The molecule has 0 saturated heterocycles. The van der Waals surface area contributed by atoms with E-state index in [1.165, 1.54) is 25.7 Å². The van der Waals surface area contributed by atoms with E-state index < -0.39 is 0 Å². The van der Waals surface area contributed by atoms with Crippen molar-refractivity contribution in [3.8, 4) is 0 Å². The third-order valence-electron chi connectivity index (χ3n) is 4.46. The van der Waals surface area contributed by atoms with Crippen LogP contribution in [0.3, 0.4) is 0 Å². The van der Waals surface area contributed by atoms with Crippen LogP contribution in [0.15, 0.2) is 0 Å². The number of amides is 1. The zero-order valence-corrected chi connectivity index (χ0v) is 12.0. The van der Waals surface area contributed by atoms with Gasteiger partial charge in [-0.3, -0.25) is 4.79 Å². The highest BCUT2D eigenvalue weighted by Gasteiger charge is 2.31. The van der Waals surface area contributed by atoms with Gasteiger partial charge in [0.15, 0.2) is 0 Å². The molecule has 0 spiro atoms. The summed E-state index contributed by atoms with van der Waals surface area (Å²) in [6.07, 6.45) is 7.52. The summed E-state index contributed by atoms with van der Waals surface area (Å²) in [5.74, 6) is 1.63. The molecule has 0 bridgehead atoms. The Morgan fingerprint density at radius 3 is 2.33 bits per heavy atom. The van der Waals surface area contributed by atoms with E-state index in [-0.39, 0.29) is 11.9 Å². The molecular formula is C15H28N2O. The van der Waals surface area contributed by atoms with Gasteiger partial charge in [0.2, 0.25) is 5.91 Å². The first-order chi connectivity index (χ1) is 8.58. The fourth-order valence-corrected chi connectivity index (χ4v) is 3.12. The fraction of sp³-hybridized carbons (Fsp3) is 0.933. The summed E-state index contributed by atoms with van der Waals surface area (Å²) < 4.78 is 0. The Hall–Kier alpha value is -0.570. The highest BCUT2D eigenvalue weighted by molar-refractivity contribution is 5.81. The van der Waals surface area contributed by atoms with Gasteiger partial charge in [0.1, 0.15) is 0 Å². The van der Waals surface area contributed by atoms with Crippen LogP contribution in [0.1, 0.15) is 59.3 Å². The molecule has 2 aliphatic carbocycles. The van der Waals surface area contributed by atoms with Crippen molar-refractivity contribution in [2.24, 2.45) is 11.8 Å². The van der Waals surface area contributed by atoms with Crippen molar-refractivity contribution in [1.82, 2.24) is 10.6 Å². The Kier molecular flexibility index (Phi) is 4.66. The molecule has 3 unspecified atom stereocenters. The first kappa shape index (κ1) is 13.9. The molecule has 3 heteroatoms. The maximum atomic E-state index is 12.0. The molecule has 2 fully saturated rings. The van der Waals surface area contributed by atoms with Crippen LogP contribution >= 0.6 is 0 Å². The number of rotatable bonds is 5. The van der Waals surface area contributed by atoms with Crippen molar-refractivity contribution in [3.63, 3.8) is 0 Å². The Bertz CT molecular complexity index is 286. The second-order valence-corrected chi connectivity index (χ2v) is 6.47. The third-order valence-corrected chi connectivity index (χ3v) is 4.46. The zero-order chi connectivity index (χ0) is 13.1. The summed E-state index contributed by atoms with van der Waals surface area (Å²) in [5, 5.41) is 6.66. The second kappa shape index (κ2) is 6.05. The SMILES string of the molecule is CC(NC1CCCCC1C(C)C)C(=O)NC1CC1. The molecule has 0 aromatic rings. The van der Waals surface area contributed by atoms with E-state index in [2.05, 4.69) is 24.5 Å². The molecular weight excluding hydrogens is 224 g/mol. The average Bonchev–Trinajstić information content (AvgIpc) is 3.13. The summed E-state index contributed by atoms with van der Waals surface area (Å²) in [6.45, 7) is 6.61. The average molecular weight is 252 g/mol. The predicted molar refractivity (Wildman–Crippen MR) is 74.3 cm³/mol. The summed E-state index contributed by atoms with van der Waals surface area (Å²) in [5.41, 5.74) is 0. The predicted octanol–water partition coefficient (Wildman–Crippen LogP) is 2.46. The van der Waals surface area contributed by atoms with E-state index in [0.717, 1.165) is 18.8 Å². The number of hydrogen-bond donors (Lipinski definition) is 2. The molecule has 2 N–H and O–H groups in total. The molecule has 18 heavy (non-hydrogen) atoms. The smallest absolute Gasteiger partial charge is 0.237 e. The van der Waals surface area contributed by atoms with Gasteiger partial charge in [0.25, 0.3) is 0 Å². The fourth-order valence-electron chi connectivity index (χ4n) is 3.12. The van der Waals surface area contributed by atoms with Gasteiger partial charge in [-0.05, 0) is 44.4 Å². The molecule has 104 valence electrons. The molecule has 0 heterocycles. The van der Waals surface area contributed by atoms with Crippen LogP contribution < -0.4 is 10.6 Å². The molecule has 0 radical (unpaired) electrons. The molecule has 3 nitrogen and oxygen atoms in total. The first-order valence-electron chi connectivity index (χ1n) is 7.64. The molecule has 2 aliphatic rings. The van der Waals surface area contributed by atoms with E-state index in [1.807, 2.05) is 6.92 Å². The van der Waals surface area contributed by atoms with Crippen molar-refractivity contribution in [3.05, 3.63) is 0 Å². The van der Waals surface area contributed by atoms with Gasteiger partial charge in [-0.15, -0.1) is 0 Å². The summed E-state index contributed by atoms with van der Waals surface area (Å²) in [7, 11) is 0. The van der Waals surface area contributed by atoms with E-state index in [1.54, 1.807) is 0 Å². The Morgan fingerprint density at radius 1 is 1.06 bits per heavy atom. The Balaban J connectivity index is 1.83. The van der Waals surface area contributed by atoms with Gasteiger partial charge in [-0.2, -0.15) is 0 Å². The molecule has 0 aromatic carbocycles. The second-order valence-electron chi connectivity index (χ2n) is 6.47. The number of carbonyl (C=O) groups excluding carboxylic acids is 1. The molecule has 2 saturated carbocycles. The Labute approximate surface area is 111 Å². The van der Waals surface area contributed by atoms with Crippen molar-refractivity contribution >= 4 is 5.91 Å². The maximum absolute atomic E-state index is 12.0. The molecule has 2 rings (SSSR count). The van der Waals surface area contributed by atoms with Crippen LogP contribution in [-0.2, 0) is 4.79 Å². The zero-order valence-electron chi connectivity index (χ0n) is 12.0. The van der Waals surface area contributed by atoms with E-state index in [9.17, 15) is 4.79 Å². The quantitative estimate of drug-likeness (QED) is 0.789. The van der Waals surface area contributed by atoms with Crippen LogP contribution in [0.4, 0.5) is 0 Å². The number of nitrogens with one attached hydrogen (secondary N) is 2. The topological polar surface area (TPSA) is 41.1 Å². The maximum Gasteiger partial charge on any atom is 0.237 e. The van der Waals surface area contributed by atoms with Gasteiger partial charge in [-0.25, -0.2) is 0 Å². The first-order valence-corrected chi connectivity index (χ1v) is 7.64. The third kappa shape index (κ3) is 3.71.